The van der Waals surface area contributed by atoms with Crippen LogP contribution in [-0.2, 0) is 4.74 Å². The van der Waals surface area contributed by atoms with Crippen molar-refractivity contribution in [1.82, 2.24) is 9.80 Å². The van der Waals surface area contributed by atoms with Crippen molar-refractivity contribution < 1.29 is 13.5 Å². The number of rotatable bonds is 4. The number of hydrogen-bond acceptors (Lipinski definition) is 3. The van der Waals surface area contributed by atoms with E-state index < -0.39 is 5.92 Å². The second kappa shape index (κ2) is 5.85. The molecule has 5 heteroatoms. The molecule has 118 valence electrons. The first-order valence-electron chi connectivity index (χ1n) is 7.66. The van der Waals surface area contributed by atoms with Gasteiger partial charge in [0.2, 0.25) is 0 Å². The van der Waals surface area contributed by atoms with Crippen molar-refractivity contribution in [2.45, 2.75) is 64.1 Å². The molecular weight excluding hydrogens is 262 g/mol. The van der Waals surface area contributed by atoms with Crippen LogP contribution in [0.25, 0.3) is 0 Å². The third-order valence-electron chi connectivity index (χ3n) is 4.49. The number of alkyl halides is 2. The van der Waals surface area contributed by atoms with Crippen LogP contribution in [0, 0.1) is 0 Å². The fraction of sp³-hybridized carbons (Fsp3) is 1.00. The normalized spacial score (nSPS) is 30.0. The minimum atomic E-state index is -2.51. The summed E-state index contributed by atoms with van der Waals surface area (Å²) in [5.74, 6) is -2.51. The van der Waals surface area contributed by atoms with E-state index in [0.29, 0.717) is 13.2 Å². The zero-order valence-corrected chi connectivity index (χ0v) is 13.2. The largest absolute Gasteiger partial charge is 0.375 e. The van der Waals surface area contributed by atoms with Crippen LogP contribution in [0.1, 0.15) is 40.5 Å². The molecule has 0 aliphatic carbocycles. The highest BCUT2D eigenvalue weighted by molar-refractivity contribution is 4.87. The topological polar surface area (TPSA) is 15.7 Å². The lowest BCUT2D eigenvalue weighted by atomic mass is 10.1. The molecule has 0 aromatic heterocycles. The molecular formula is C15H28F2N2O. The van der Waals surface area contributed by atoms with E-state index >= 15 is 0 Å². The molecule has 2 rings (SSSR count). The van der Waals surface area contributed by atoms with Gasteiger partial charge in [0.15, 0.2) is 0 Å². The van der Waals surface area contributed by atoms with Crippen molar-refractivity contribution in [1.29, 1.82) is 0 Å². The summed E-state index contributed by atoms with van der Waals surface area (Å²) in [4.78, 5) is 4.27. The summed E-state index contributed by atoms with van der Waals surface area (Å²) in [5, 5.41) is 0. The lowest BCUT2D eigenvalue weighted by Gasteiger charge is -2.31. The van der Waals surface area contributed by atoms with Gasteiger partial charge in [-0.3, -0.25) is 9.80 Å². The van der Waals surface area contributed by atoms with Crippen LogP contribution in [-0.4, -0.2) is 66.2 Å². The molecule has 0 aromatic carbocycles. The maximum absolute atomic E-state index is 13.2. The van der Waals surface area contributed by atoms with Crippen LogP contribution in [0.15, 0.2) is 0 Å². The van der Waals surface area contributed by atoms with Crippen LogP contribution in [0.2, 0.25) is 0 Å². The van der Waals surface area contributed by atoms with Gasteiger partial charge in [0, 0.05) is 37.6 Å². The summed E-state index contributed by atoms with van der Waals surface area (Å²) < 4.78 is 32.3. The smallest absolute Gasteiger partial charge is 0.261 e. The predicted molar refractivity (Wildman–Crippen MR) is 76.3 cm³/mol. The van der Waals surface area contributed by atoms with Gasteiger partial charge in [0.25, 0.3) is 5.92 Å². The number of halogens is 2. The number of likely N-dealkylation sites (tertiary alicyclic amines) is 2. The Hall–Kier alpha value is -0.260. The first kappa shape index (κ1) is 16.1. The van der Waals surface area contributed by atoms with Gasteiger partial charge >= 0.3 is 0 Å². The highest BCUT2D eigenvalue weighted by Crippen LogP contribution is 2.28. The number of nitrogens with zero attached hydrogens (tertiary/aromatic N) is 2. The molecule has 0 N–H and O–H groups in total. The van der Waals surface area contributed by atoms with Crippen LogP contribution in [0.3, 0.4) is 0 Å². The molecule has 20 heavy (non-hydrogen) atoms. The van der Waals surface area contributed by atoms with Crippen LogP contribution < -0.4 is 0 Å². The molecule has 2 fully saturated rings. The van der Waals surface area contributed by atoms with E-state index in [4.69, 9.17) is 4.74 Å². The molecule has 0 amide bonds. The van der Waals surface area contributed by atoms with E-state index in [1.54, 1.807) is 0 Å². The van der Waals surface area contributed by atoms with Gasteiger partial charge in [0.1, 0.15) is 0 Å². The summed E-state index contributed by atoms with van der Waals surface area (Å²) in [5.41, 5.74) is 0.181. The maximum atomic E-state index is 13.2. The highest BCUT2D eigenvalue weighted by atomic mass is 19.3. The number of ether oxygens (including phenoxy) is 1. The average molecular weight is 290 g/mol. The van der Waals surface area contributed by atoms with Gasteiger partial charge in [-0.05, 0) is 34.1 Å². The van der Waals surface area contributed by atoms with Crippen molar-refractivity contribution in [2.75, 3.05) is 32.8 Å². The fourth-order valence-corrected chi connectivity index (χ4v) is 2.99. The van der Waals surface area contributed by atoms with Gasteiger partial charge in [-0.2, -0.15) is 0 Å². The van der Waals surface area contributed by atoms with Gasteiger partial charge in [-0.15, -0.1) is 0 Å². The summed E-state index contributed by atoms with van der Waals surface area (Å²) in [7, 11) is 0. The van der Waals surface area contributed by atoms with Gasteiger partial charge in [0.05, 0.1) is 19.3 Å². The van der Waals surface area contributed by atoms with E-state index in [0.717, 1.165) is 19.5 Å². The van der Waals surface area contributed by atoms with Crippen molar-refractivity contribution in [3.8, 4) is 0 Å². The van der Waals surface area contributed by atoms with E-state index in [1.165, 1.54) is 0 Å². The Balaban J connectivity index is 1.71. The average Bonchev–Trinajstić information content (AvgIpc) is 2.91. The first-order valence-corrected chi connectivity index (χ1v) is 7.66. The van der Waals surface area contributed by atoms with Crippen LogP contribution in [0.5, 0.6) is 0 Å². The third-order valence-corrected chi connectivity index (χ3v) is 4.49. The molecule has 0 bridgehead atoms. The van der Waals surface area contributed by atoms with Gasteiger partial charge in [-0.1, -0.05) is 0 Å². The fourth-order valence-electron chi connectivity index (χ4n) is 2.99. The molecule has 2 aliphatic heterocycles. The lowest BCUT2D eigenvalue weighted by molar-refractivity contribution is -0.0102. The Morgan fingerprint density at radius 1 is 1.30 bits per heavy atom. The first-order chi connectivity index (χ1) is 9.17. The third kappa shape index (κ3) is 4.12. The molecule has 2 atom stereocenters. The van der Waals surface area contributed by atoms with E-state index in [2.05, 4.69) is 25.7 Å². The van der Waals surface area contributed by atoms with Crippen molar-refractivity contribution in [3.63, 3.8) is 0 Å². The van der Waals surface area contributed by atoms with E-state index in [9.17, 15) is 8.78 Å². The monoisotopic (exact) mass is 290 g/mol. The second-order valence-electron chi connectivity index (χ2n) is 7.29. The highest BCUT2D eigenvalue weighted by Gasteiger charge is 2.40. The minimum Gasteiger partial charge on any atom is -0.375 e. The van der Waals surface area contributed by atoms with Gasteiger partial charge < -0.3 is 4.74 Å². The summed E-state index contributed by atoms with van der Waals surface area (Å²) >= 11 is 0. The molecule has 2 aliphatic rings. The quantitative estimate of drug-likeness (QED) is 0.791. The zero-order chi connectivity index (χ0) is 15.0. The Kier molecular flexibility index (Phi) is 4.72. The standard InChI is InChI=1S/C15H28F2N2O/c1-12(18-8-6-15(16,17)11-18)10-20-13-5-7-19(9-13)14(2,3)4/h12-13H,5-11H2,1-4H3. The minimum absolute atomic E-state index is 0.0153. The van der Waals surface area contributed by atoms with Crippen LogP contribution >= 0.6 is 0 Å². The Bertz CT molecular complexity index is 330. The SMILES string of the molecule is CC(COC1CCN(C(C)(C)C)C1)N1CCC(F)(F)C1. The molecule has 0 aromatic rings. The number of hydrogen-bond donors (Lipinski definition) is 0. The van der Waals surface area contributed by atoms with Crippen molar-refractivity contribution >= 4 is 0 Å². The molecule has 3 nitrogen and oxygen atoms in total. The van der Waals surface area contributed by atoms with Crippen molar-refractivity contribution in [3.05, 3.63) is 0 Å². The van der Waals surface area contributed by atoms with Crippen LogP contribution in [0.4, 0.5) is 8.78 Å². The van der Waals surface area contributed by atoms with E-state index in [1.807, 2.05) is 11.8 Å². The summed E-state index contributed by atoms with van der Waals surface area (Å²) in [6.45, 7) is 11.6. The maximum Gasteiger partial charge on any atom is 0.261 e. The molecule has 0 radical (unpaired) electrons. The summed E-state index contributed by atoms with van der Waals surface area (Å²) in [6.07, 6.45) is 1.28. The van der Waals surface area contributed by atoms with E-state index in [-0.39, 0.29) is 30.7 Å². The second-order valence-corrected chi connectivity index (χ2v) is 7.29. The molecule has 2 heterocycles. The molecule has 2 saturated heterocycles. The predicted octanol–water partition coefficient (Wildman–Crippen LogP) is 2.61. The summed E-state index contributed by atoms with van der Waals surface area (Å²) in [6, 6.07) is 0.0760. The lowest BCUT2D eigenvalue weighted by Crippen LogP contribution is -2.41. The molecule has 0 saturated carbocycles. The van der Waals surface area contributed by atoms with Gasteiger partial charge in [-0.25, -0.2) is 8.78 Å². The Labute approximate surface area is 121 Å². The Morgan fingerprint density at radius 3 is 2.50 bits per heavy atom. The van der Waals surface area contributed by atoms with Crippen molar-refractivity contribution in [2.24, 2.45) is 0 Å². The molecule has 0 spiro atoms. The Morgan fingerprint density at radius 2 is 2.00 bits per heavy atom. The molecule has 2 unspecified atom stereocenters. The zero-order valence-electron chi connectivity index (χ0n) is 13.2.